The van der Waals surface area contributed by atoms with Crippen LogP contribution < -0.4 is 16.4 Å². The Morgan fingerprint density at radius 1 is 1.22 bits per heavy atom. The summed E-state index contributed by atoms with van der Waals surface area (Å²) in [5.74, 6) is -3.02. The molecule has 1 aliphatic rings. The Labute approximate surface area is 158 Å². The number of carbonyl (C=O) groups excluding carboxylic acids is 3. The molecular formula is C17H30N4O6. The summed E-state index contributed by atoms with van der Waals surface area (Å²) >= 11 is 0. The Morgan fingerprint density at radius 3 is 2.33 bits per heavy atom. The number of aliphatic carboxylic acids is 1. The van der Waals surface area contributed by atoms with Gasteiger partial charge < -0.3 is 31.5 Å². The lowest BCUT2D eigenvalue weighted by molar-refractivity contribution is -0.146. The SMILES string of the molecule is CCC(C)C(NC(=O)C(C)N)C(=O)N1CCCC1C(=O)NC(CO)C(=O)O. The summed E-state index contributed by atoms with van der Waals surface area (Å²) in [5.41, 5.74) is 5.57. The number of likely N-dealkylation sites (tertiary alicyclic amines) is 1. The Balaban J connectivity index is 2.94. The second-order valence-electron chi connectivity index (χ2n) is 6.93. The van der Waals surface area contributed by atoms with Crippen molar-refractivity contribution >= 4 is 23.7 Å². The van der Waals surface area contributed by atoms with Crippen molar-refractivity contribution in [2.75, 3.05) is 13.2 Å². The third kappa shape index (κ3) is 5.90. The van der Waals surface area contributed by atoms with E-state index < -0.39 is 54.5 Å². The first-order valence-corrected chi connectivity index (χ1v) is 9.14. The molecule has 0 saturated carbocycles. The predicted molar refractivity (Wildman–Crippen MR) is 96.4 cm³/mol. The number of amides is 3. The highest BCUT2D eigenvalue weighted by Crippen LogP contribution is 2.21. The topological polar surface area (TPSA) is 162 Å². The second kappa shape index (κ2) is 10.2. The molecule has 3 amide bonds. The molecule has 10 nitrogen and oxygen atoms in total. The molecule has 5 unspecified atom stereocenters. The summed E-state index contributed by atoms with van der Waals surface area (Å²) < 4.78 is 0. The maximum absolute atomic E-state index is 13.0. The number of rotatable bonds is 9. The van der Waals surface area contributed by atoms with Crippen LogP contribution in [0, 0.1) is 5.92 Å². The first-order chi connectivity index (χ1) is 12.6. The van der Waals surface area contributed by atoms with E-state index in [2.05, 4.69) is 10.6 Å². The molecule has 0 bridgehead atoms. The predicted octanol–water partition coefficient (Wildman–Crippen LogP) is -1.58. The molecule has 1 heterocycles. The zero-order chi connectivity index (χ0) is 20.7. The fraction of sp³-hybridized carbons (Fsp3) is 0.765. The number of nitrogens with zero attached hydrogens (tertiary/aromatic N) is 1. The van der Waals surface area contributed by atoms with Crippen LogP contribution in [0.4, 0.5) is 0 Å². The quantitative estimate of drug-likeness (QED) is 0.319. The van der Waals surface area contributed by atoms with Crippen LogP contribution in [0.25, 0.3) is 0 Å². The third-order valence-corrected chi connectivity index (χ3v) is 4.83. The van der Waals surface area contributed by atoms with Crippen LogP contribution >= 0.6 is 0 Å². The van der Waals surface area contributed by atoms with Crippen LogP contribution in [0.1, 0.15) is 40.0 Å². The summed E-state index contributed by atoms with van der Waals surface area (Å²) in [4.78, 5) is 49.8. The van der Waals surface area contributed by atoms with Crippen LogP contribution in [-0.2, 0) is 19.2 Å². The summed E-state index contributed by atoms with van der Waals surface area (Å²) in [6, 6.07) is -3.87. The molecular weight excluding hydrogens is 356 g/mol. The second-order valence-corrected chi connectivity index (χ2v) is 6.93. The number of carbonyl (C=O) groups is 4. The van der Waals surface area contributed by atoms with Crippen molar-refractivity contribution in [3.8, 4) is 0 Å². The number of aliphatic hydroxyl groups is 1. The van der Waals surface area contributed by atoms with Crippen LogP contribution in [0.3, 0.4) is 0 Å². The highest BCUT2D eigenvalue weighted by Gasteiger charge is 2.40. The molecule has 1 rings (SSSR count). The van der Waals surface area contributed by atoms with E-state index in [4.69, 9.17) is 15.9 Å². The lowest BCUT2D eigenvalue weighted by Gasteiger charge is -2.32. The molecule has 1 fully saturated rings. The molecule has 27 heavy (non-hydrogen) atoms. The van der Waals surface area contributed by atoms with Crippen molar-refractivity contribution in [3.05, 3.63) is 0 Å². The van der Waals surface area contributed by atoms with E-state index >= 15 is 0 Å². The summed E-state index contributed by atoms with van der Waals surface area (Å²) in [5, 5.41) is 22.9. The maximum Gasteiger partial charge on any atom is 0.328 e. The molecule has 0 aromatic carbocycles. The highest BCUT2D eigenvalue weighted by molar-refractivity contribution is 5.94. The van der Waals surface area contributed by atoms with Gasteiger partial charge in [0.25, 0.3) is 0 Å². The normalized spacial score (nSPS) is 21.1. The van der Waals surface area contributed by atoms with Gasteiger partial charge in [0.15, 0.2) is 0 Å². The molecule has 0 aromatic rings. The molecule has 154 valence electrons. The average molecular weight is 386 g/mol. The van der Waals surface area contributed by atoms with Crippen molar-refractivity contribution in [2.45, 2.75) is 64.2 Å². The third-order valence-electron chi connectivity index (χ3n) is 4.83. The van der Waals surface area contributed by atoms with E-state index in [1.165, 1.54) is 11.8 Å². The number of hydrogen-bond acceptors (Lipinski definition) is 6. The van der Waals surface area contributed by atoms with E-state index in [1.54, 1.807) is 0 Å². The van der Waals surface area contributed by atoms with E-state index in [-0.39, 0.29) is 5.92 Å². The highest BCUT2D eigenvalue weighted by atomic mass is 16.4. The number of carboxylic acid groups (broad SMARTS) is 1. The fourth-order valence-corrected chi connectivity index (χ4v) is 2.90. The number of nitrogens with one attached hydrogen (secondary N) is 2. The monoisotopic (exact) mass is 386 g/mol. The largest absolute Gasteiger partial charge is 0.480 e. The summed E-state index contributed by atoms with van der Waals surface area (Å²) in [6.07, 6.45) is 1.59. The Bertz CT molecular complexity index is 568. The van der Waals surface area contributed by atoms with Gasteiger partial charge in [-0.2, -0.15) is 0 Å². The van der Waals surface area contributed by atoms with Gasteiger partial charge in [-0.05, 0) is 25.7 Å². The minimum atomic E-state index is -1.43. The van der Waals surface area contributed by atoms with Gasteiger partial charge in [-0.25, -0.2) is 4.79 Å². The summed E-state index contributed by atoms with van der Waals surface area (Å²) in [7, 11) is 0. The Morgan fingerprint density at radius 2 is 1.85 bits per heavy atom. The minimum Gasteiger partial charge on any atom is -0.480 e. The number of hydrogen-bond donors (Lipinski definition) is 5. The van der Waals surface area contributed by atoms with Gasteiger partial charge >= 0.3 is 5.97 Å². The lowest BCUT2D eigenvalue weighted by Crippen LogP contribution is -2.58. The first-order valence-electron chi connectivity index (χ1n) is 9.14. The zero-order valence-electron chi connectivity index (χ0n) is 16.0. The fourth-order valence-electron chi connectivity index (χ4n) is 2.90. The zero-order valence-corrected chi connectivity index (χ0v) is 16.0. The van der Waals surface area contributed by atoms with E-state index in [0.717, 1.165) is 0 Å². The van der Waals surface area contributed by atoms with Gasteiger partial charge in [-0.1, -0.05) is 20.3 Å². The lowest BCUT2D eigenvalue weighted by atomic mass is 9.97. The number of aliphatic hydroxyl groups excluding tert-OH is 1. The molecule has 0 spiro atoms. The maximum atomic E-state index is 13.0. The van der Waals surface area contributed by atoms with Crippen molar-refractivity contribution in [1.82, 2.24) is 15.5 Å². The number of carboxylic acids is 1. The van der Waals surface area contributed by atoms with Crippen molar-refractivity contribution in [1.29, 1.82) is 0 Å². The van der Waals surface area contributed by atoms with Gasteiger partial charge in [-0.3, -0.25) is 14.4 Å². The van der Waals surface area contributed by atoms with Crippen molar-refractivity contribution in [3.63, 3.8) is 0 Å². The summed E-state index contributed by atoms with van der Waals surface area (Å²) in [6.45, 7) is 4.80. The Kier molecular flexibility index (Phi) is 8.64. The molecule has 0 aromatic heterocycles. The van der Waals surface area contributed by atoms with Gasteiger partial charge in [-0.15, -0.1) is 0 Å². The van der Waals surface area contributed by atoms with E-state index in [0.29, 0.717) is 25.8 Å². The van der Waals surface area contributed by atoms with Crippen LogP contribution in [-0.4, -0.2) is 76.1 Å². The van der Waals surface area contributed by atoms with Gasteiger partial charge in [0.2, 0.25) is 17.7 Å². The van der Waals surface area contributed by atoms with Gasteiger partial charge in [0, 0.05) is 6.54 Å². The molecule has 1 saturated heterocycles. The molecule has 5 atom stereocenters. The average Bonchev–Trinajstić information content (AvgIpc) is 3.11. The van der Waals surface area contributed by atoms with Gasteiger partial charge in [0.1, 0.15) is 18.1 Å². The van der Waals surface area contributed by atoms with Crippen molar-refractivity contribution < 1.29 is 29.4 Å². The van der Waals surface area contributed by atoms with Crippen molar-refractivity contribution in [2.24, 2.45) is 11.7 Å². The van der Waals surface area contributed by atoms with Crippen LogP contribution in [0.5, 0.6) is 0 Å². The van der Waals surface area contributed by atoms with E-state index in [1.807, 2.05) is 13.8 Å². The van der Waals surface area contributed by atoms with E-state index in [9.17, 15) is 19.2 Å². The number of nitrogens with two attached hydrogens (primary N) is 1. The van der Waals surface area contributed by atoms with Crippen LogP contribution in [0.2, 0.25) is 0 Å². The Hall–Kier alpha value is -2.20. The molecule has 0 radical (unpaired) electrons. The standard InChI is InChI=1S/C17H30N4O6/c1-4-9(2)13(20-14(23)10(3)18)16(25)21-7-5-6-12(21)15(24)19-11(8-22)17(26)27/h9-13,22H,4-8,18H2,1-3H3,(H,19,24)(H,20,23)(H,26,27). The van der Waals surface area contributed by atoms with Crippen LogP contribution in [0.15, 0.2) is 0 Å². The molecule has 0 aliphatic carbocycles. The minimum absolute atomic E-state index is 0.172. The van der Waals surface area contributed by atoms with Gasteiger partial charge in [0.05, 0.1) is 12.6 Å². The smallest absolute Gasteiger partial charge is 0.328 e. The molecule has 6 N–H and O–H groups in total. The molecule has 1 aliphatic heterocycles. The molecule has 10 heteroatoms. The first kappa shape index (κ1) is 22.8.